The minimum atomic E-state index is 0. The number of nitrogens with zero attached hydrogens (tertiary/aromatic N) is 2. The van der Waals surface area contributed by atoms with Crippen LogP contribution in [0.15, 0.2) is 60.7 Å². The number of carbonyl (C=O) groups excluding carboxylic acids is 1. The Labute approximate surface area is 192 Å². The zero-order valence-electron chi connectivity index (χ0n) is 17.4. The molecule has 6 heteroatoms. The van der Waals surface area contributed by atoms with Gasteiger partial charge in [-0.15, -0.1) is 24.8 Å². The highest BCUT2D eigenvalue weighted by Crippen LogP contribution is 2.33. The van der Waals surface area contributed by atoms with Gasteiger partial charge in [-0.25, -0.2) is 0 Å². The molecule has 2 fully saturated rings. The monoisotopic (exact) mass is 449 g/mol. The van der Waals surface area contributed by atoms with Crippen LogP contribution in [0.4, 0.5) is 0 Å². The first-order valence-electron chi connectivity index (χ1n) is 10.6. The van der Waals surface area contributed by atoms with Crippen LogP contribution in [-0.4, -0.2) is 47.9 Å². The van der Waals surface area contributed by atoms with Crippen LogP contribution >= 0.6 is 24.8 Å². The fourth-order valence-corrected chi connectivity index (χ4v) is 4.86. The number of piperidine rings is 1. The summed E-state index contributed by atoms with van der Waals surface area (Å²) in [6.45, 7) is 4.06. The number of nitrogens with two attached hydrogens (primary N) is 1. The van der Waals surface area contributed by atoms with Gasteiger partial charge in [-0.05, 0) is 43.0 Å². The van der Waals surface area contributed by atoms with Crippen LogP contribution in [0.5, 0.6) is 0 Å². The minimum absolute atomic E-state index is 0. The molecule has 164 valence electrons. The molecule has 4 nitrogen and oxygen atoms in total. The Morgan fingerprint density at radius 3 is 2.27 bits per heavy atom. The first kappa shape index (κ1) is 24.7. The molecule has 2 saturated heterocycles. The minimum Gasteiger partial charge on any atom is -0.340 e. The molecular formula is C24H33Cl2N3O. The molecular weight excluding hydrogens is 417 g/mol. The highest BCUT2D eigenvalue weighted by Gasteiger charge is 2.39. The second-order valence-electron chi connectivity index (χ2n) is 8.22. The van der Waals surface area contributed by atoms with Crippen LogP contribution in [-0.2, 0) is 11.3 Å². The fourth-order valence-electron chi connectivity index (χ4n) is 4.86. The molecule has 0 spiro atoms. The van der Waals surface area contributed by atoms with E-state index < -0.39 is 0 Å². The Morgan fingerprint density at radius 1 is 0.933 bits per heavy atom. The molecule has 2 aromatic carbocycles. The van der Waals surface area contributed by atoms with E-state index in [-0.39, 0.29) is 30.9 Å². The number of hydrogen-bond donors (Lipinski definition) is 1. The molecule has 2 N–H and O–H groups in total. The third-order valence-corrected chi connectivity index (χ3v) is 6.41. The van der Waals surface area contributed by atoms with Gasteiger partial charge >= 0.3 is 0 Å². The van der Waals surface area contributed by atoms with E-state index in [9.17, 15) is 4.79 Å². The number of rotatable bonds is 5. The Hall–Kier alpha value is -1.59. The normalized spacial score (nSPS) is 24.0. The second-order valence-corrected chi connectivity index (χ2v) is 8.22. The van der Waals surface area contributed by atoms with Gasteiger partial charge in [-0.2, -0.15) is 0 Å². The molecule has 0 saturated carbocycles. The number of hydrogen-bond acceptors (Lipinski definition) is 3. The molecule has 2 aromatic rings. The molecule has 1 amide bonds. The van der Waals surface area contributed by atoms with Crippen molar-refractivity contribution < 1.29 is 4.79 Å². The highest BCUT2D eigenvalue weighted by molar-refractivity contribution is 5.85. The quantitative estimate of drug-likeness (QED) is 0.747. The summed E-state index contributed by atoms with van der Waals surface area (Å²) in [6, 6.07) is 21.1. The Balaban J connectivity index is 0.00000160. The van der Waals surface area contributed by atoms with Crippen molar-refractivity contribution in [1.82, 2.24) is 9.80 Å². The lowest BCUT2D eigenvalue weighted by Crippen LogP contribution is -2.50. The van der Waals surface area contributed by atoms with E-state index in [0.29, 0.717) is 24.3 Å². The lowest BCUT2D eigenvalue weighted by Gasteiger charge is -2.37. The average molecular weight is 450 g/mol. The fraction of sp³-hybridized carbons (Fsp3) is 0.458. The number of carbonyl (C=O) groups is 1. The predicted octanol–water partition coefficient (Wildman–Crippen LogP) is 4.09. The molecule has 0 radical (unpaired) electrons. The van der Waals surface area contributed by atoms with Gasteiger partial charge in [0.25, 0.3) is 0 Å². The van der Waals surface area contributed by atoms with Crippen molar-refractivity contribution in [3.8, 4) is 0 Å². The molecule has 0 aromatic heterocycles. The summed E-state index contributed by atoms with van der Waals surface area (Å²) in [7, 11) is 0. The topological polar surface area (TPSA) is 49.6 Å². The lowest BCUT2D eigenvalue weighted by molar-refractivity contribution is -0.137. The zero-order valence-corrected chi connectivity index (χ0v) is 19.0. The van der Waals surface area contributed by atoms with Crippen LogP contribution in [0.3, 0.4) is 0 Å². The highest BCUT2D eigenvalue weighted by atomic mass is 35.5. The van der Waals surface area contributed by atoms with Gasteiger partial charge < -0.3 is 10.6 Å². The molecule has 2 aliphatic rings. The van der Waals surface area contributed by atoms with Gasteiger partial charge in [-0.3, -0.25) is 9.69 Å². The smallest absolute Gasteiger partial charge is 0.239 e. The summed E-state index contributed by atoms with van der Waals surface area (Å²) >= 11 is 0. The number of amides is 1. The van der Waals surface area contributed by atoms with Crippen LogP contribution < -0.4 is 5.73 Å². The van der Waals surface area contributed by atoms with E-state index in [4.69, 9.17) is 5.73 Å². The van der Waals surface area contributed by atoms with Crippen LogP contribution in [0.1, 0.15) is 36.3 Å². The first-order valence-corrected chi connectivity index (χ1v) is 10.6. The van der Waals surface area contributed by atoms with Crippen LogP contribution in [0.2, 0.25) is 0 Å². The van der Waals surface area contributed by atoms with Crippen molar-refractivity contribution in [2.24, 2.45) is 11.7 Å². The van der Waals surface area contributed by atoms with Gasteiger partial charge in [-0.1, -0.05) is 67.1 Å². The number of benzene rings is 2. The third-order valence-electron chi connectivity index (χ3n) is 6.41. The second kappa shape index (κ2) is 11.7. The maximum atomic E-state index is 13.5. The molecule has 1 unspecified atom stereocenters. The zero-order chi connectivity index (χ0) is 19.3. The van der Waals surface area contributed by atoms with Crippen molar-refractivity contribution in [3.05, 3.63) is 71.8 Å². The van der Waals surface area contributed by atoms with Gasteiger partial charge in [0, 0.05) is 25.6 Å². The van der Waals surface area contributed by atoms with Gasteiger partial charge in [0.05, 0.1) is 6.04 Å². The summed E-state index contributed by atoms with van der Waals surface area (Å²) < 4.78 is 0. The van der Waals surface area contributed by atoms with Crippen molar-refractivity contribution in [3.63, 3.8) is 0 Å². The average Bonchev–Trinajstić information content (AvgIpc) is 3.20. The number of halogens is 2. The first-order chi connectivity index (χ1) is 13.8. The molecule has 3 atom stereocenters. The molecule has 0 bridgehead atoms. The summed E-state index contributed by atoms with van der Waals surface area (Å²) in [5, 5.41) is 0. The Bertz CT molecular complexity index is 775. The van der Waals surface area contributed by atoms with E-state index in [1.165, 1.54) is 17.5 Å². The largest absolute Gasteiger partial charge is 0.340 e. The van der Waals surface area contributed by atoms with Crippen molar-refractivity contribution >= 4 is 30.7 Å². The number of likely N-dealkylation sites (tertiary alicyclic amines) is 2. The summed E-state index contributed by atoms with van der Waals surface area (Å²) in [6.07, 6.45) is 3.28. The summed E-state index contributed by atoms with van der Waals surface area (Å²) in [4.78, 5) is 18.0. The van der Waals surface area contributed by atoms with E-state index in [1.54, 1.807) is 0 Å². The molecule has 4 rings (SSSR count). The third kappa shape index (κ3) is 5.55. The van der Waals surface area contributed by atoms with E-state index in [2.05, 4.69) is 58.3 Å². The molecule has 0 aliphatic carbocycles. The Morgan fingerprint density at radius 2 is 1.60 bits per heavy atom. The maximum Gasteiger partial charge on any atom is 0.239 e. The lowest BCUT2D eigenvalue weighted by atomic mass is 9.89. The molecule has 30 heavy (non-hydrogen) atoms. The van der Waals surface area contributed by atoms with Crippen molar-refractivity contribution in [2.75, 3.05) is 26.2 Å². The Kier molecular flexibility index (Phi) is 9.63. The van der Waals surface area contributed by atoms with Gasteiger partial charge in [0.2, 0.25) is 5.91 Å². The van der Waals surface area contributed by atoms with Crippen molar-refractivity contribution in [2.45, 2.75) is 37.8 Å². The summed E-state index contributed by atoms with van der Waals surface area (Å²) in [5.74, 6) is 0.992. The molecule has 2 heterocycles. The van der Waals surface area contributed by atoms with Gasteiger partial charge in [0.15, 0.2) is 0 Å². The molecule has 2 aliphatic heterocycles. The SMILES string of the molecule is Cl.Cl.NC[C@@H]1CN(C(=O)C2CCCCN2Cc2ccccc2)C[C@H]1c1ccccc1. The van der Waals surface area contributed by atoms with Gasteiger partial charge in [0.1, 0.15) is 0 Å². The maximum absolute atomic E-state index is 13.5. The van der Waals surface area contributed by atoms with Crippen LogP contribution in [0, 0.1) is 5.92 Å². The van der Waals surface area contributed by atoms with E-state index >= 15 is 0 Å². The van der Waals surface area contributed by atoms with E-state index in [0.717, 1.165) is 39.0 Å². The summed E-state index contributed by atoms with van der Waals surface area (Å²) in [5.41, 5.74) is 8.67. The predicted molar refractivity (Wildman–Crippen MR) is 127 cm³/mol. The van der Waals surface area contributed by atoms with Crippen LogP contribution in [0.25, 0.3) is 0 Å². The standard InChI is InChI=1S/C24H31N3O.2ClH/c25-15-21-17-27(18-22(21)20-11-5-2-6-12-20)24(28)23-13-7-8-14-26(23)16-19-9-3-1-4-10-19;;/h1-6,9-12,21-23H,7-8,13-18,25H2;2*1H/t21-,22+,23?;;/m1../s1. The van der Waals surface area contributed by atoms with Crippen molar-refractivity contribution in [1.29, 1.82) is 0 Å². The van der Waals surface area contributed by atoms with E-state index in [1.807, 2.05) is 12.1 Å².